The van der Waals surface area contributed by atoms with E-state index < -0.39 is 5.92 Å². The van der Waals surface area contributed by atoms with E-state index >= 15 is 0 Å². The lowest BCUT2D eigenvalue weighted by Gasteiger charge is -2.29. The predicted molar refractivity (Wildman–Crippen MR) is 99.4 cm³/mol. The van der Waals surface area contributed by atoms with Gasteiger partial charge in [-0.1, -0.05) is 47.5 Å². The van der Waals surface area contributed by atoms with E-state index in [1.54, 1.807) is 30.0 Å². The number of Topliss-reactive ketones (excluding diaryl/α,β-unsaturated/α-hetero) is 2. The molecule has 0 saturated heterocycles. The number of benzene rings is 2. The van der Waals surface area contributed by atoms with Gasteiger partial charge in [0.1, 0.15) is 11.7 Å². The number of hydrogen-bond acceptors (Lipinski definition) is 3. The van der Waals surface area contributed by atoms with Crippen LogP contribution in [-0.4, -0.2) is 17.8 Å². The second kappa shape index (κ2) is 7.30. The Bertz CT molecular complexity index is 804. The normalized spacial score (nSPS) is 21.1. The van der Waals surface area contributed by atoms with E-state index in [1.165, 1.54) is 0 Å². The lowest BCUT2D eigenvalue weighted by Crippen LogP contribution is -2.33. The minimum absolute atomic E-state index is 0.0675. The van der Waals surface area contributed by atoms with E-state index in [-0.39, 0.29) is 17.5 Å². The molecule has 0 amide bonds. The maximum atomic E-state index is 13.1. The van der Waals surface area contributed by atoms with Gasteiger partial charge in [0.25, 0.3) is 0 Å². The van der Waals surface area contributed by atoms with Crippen molar-refractivity contribution in [2.24, 2.45) is 0 Å². The first-order valence-electron chi connectivity index (χ1n) is 7.67. The Morgan fingerprint density at radius 3 is 2.50 bits per heavy atom. The lowest BCUT2D eigenvalue weighted by atomic mass is 9.73. The minimum Gasteiger partial charge on any atom is -0.299 e. The summed E-state index contributed by atoms with van der Waals surface area (Å²) >= 11 is 13.8. The van der Waals surface area contributed by atoms with Gasteiger partial charge in [0.15, 0.2) is 5.78 Å². The molecule has 24 heavy (non-hydrogen) atoms. The first-order valence-corrected chi connectivity index (χ1v) is 9.65. The Hall–Kier alpha value is -1.29. The molecule has 0 spiro atoms. The third-order valence-corrected chi connectivity index (χ3v) is 5.79. The third kappa shape index (κ3) is 3.26. The van der Waals surface area contributed by atoms with Gasteiger partial charge < -0.3 is 0 Å². The molecule has 2 aromatic carbocycles. The highest BCUT2D eigenvalue weighted by atomic mass is 35.5. The fraction of sp³-hybridized carbons (Fsp3) is 0.263. The van der Waals surface area contributed by atoms with E-state index in [2.05, 4.69) is 0 Å². The van der Waals surface area contributed by atoms with Crippen molar-refractivity contribution in [3.05, 3.63) is 63.6 Å². The summed E-state index contributed by atoms with van der Waals surface area (Å²) < 4.78 is 0. The van der Waals surface area contributed by atoms with Gasteiger partial charge in [-0.2, -0.15) is 0 Å². The fourth-order valence-electron chi connectivity index (χ4n) is 3.26. The van der Waals surface area contributed by atoms with Crippen LogP contribution >= 0.6 is 35.0 Å². The first-order chi connectivity index (χ1) is 11.5. The molecule has 1 saturated carbocycles. The van der Waals surface area contributed by atoms with E-state index in [0.717, 1.165) is 10.5 Å². The summed E-state index contributed by atoms with van der Waals surface area (Å²) in [7, 11) is 0. The van der Waals surface area contributed by atoms with Crippen LogP contribution < -0.4 is 0 Å². The second-order valence-corrected chi connectivity index (χ2v) is 7.49. The van der Waals surface area contributed by atoms with Gasteiger partial charge in [0, 0.05) is 27.3 Å². The highest BCUT2D eigenvalue weighted by Gasteiger charge is 2.40. The zero-order chi connectivity index (χ0) is 17.3. The topological polar surface area (TPSA) is 34.1 Å². The molecule has 2 aromatic rings. The van der Waals surface area contributed by atoms with Gasteiger partial charge in [0.2, 0.25) is 0 Å². The van der Waals surface area contributed by atoms with Gasteiger partial charge in [-0.3, -0.25) is 9.59 Å². The monoisotopic (exact) mass is 378 g/mol. The largest absolute Gasteiger partial charge is 0.299 e. The number of hydrogen-bond donors (Lipinski definition) is 0. The van der Waals surface area contributed by atoms with Crippen LogP contribution in [0.1, 0.15) is 35.8 Å². The third-order valence-electron chi connectivity index (χ3n) is 4.42. The van der Waals surface area contributed by atoms with Crippen molar-refractivity contribution in [1.29, 1.82) is 0 Å². The second-order valence-electron chi connectivity index (χ2n) is 5.80. The van der Waals surface area contributed by atoms with Crippen molar-refractivity contribution in [2.75, 3.05) is 6.26 Å². The predicted octanol–water partition coefficient (Wildman–Crippen LogP) is 5.51. The Morgan fingerprint density at radius 2 is 1.79 bits per heavy atom. The summed E-state index contributed by atoms with van der Waals surface area (Å²) in [6.45, 7) is 0. The zero-order valence-corrected chi connectivity index (χ0v) is 15.4. The summed E-state index contributed by atoms with van der Waals surface area (Å²) in [4.78, 5) is 26.7. The fourth-order valence-corrected chi connectivity index (χ4v) is 4.44. The van der Waals surface area contributed by atoms with Crippen LogP contribution in [0.5, 0.6) is 0 Å². The summed E-state index contributed by atoms with van der Waals surface area (Å²) in [5.41, 5.74) is 1.56. The Labute approximate surface area is 155 Å². The van der Waals surface area contributed by atoms with Crippen LogP contribution in [0.25, 0.3) is 0 Å². The molecule has 0 N–H and O–H groups in total. The Balaban J connectivity index is 2.02. The van der Waals surface area contributed by atoms with E-state index in [1.807, 2.05) is 30.5 Å². The molecular formula is C19H16Cl2O2S. The van der Waals surface area contributed by atoms with Crippen LogP contribution in [0, 0.1) is 0 Å². The molecule has 2 nitrogen and oxygen atoms in total. The van der Waals surface area contributed by atoms with Gasteiger partial charge in [-0.15, -0.1) is 11.8 Å². The first kappa shape index (κ1) is 17.5. The quantitative estimate of drug-likeness (QED) is 0.521. The molecule has 2 unspecified atom stereocenters. The van der Waals surface area contributed by atoms with Crippen molar-refractivity contribution >= 4 is 46.5 Å². The average molecular weight is 379 g/mol. The number of rotatable bonds is 3. The van der Waals surface area contributed by atoms with E-state index in [9.17, 15) is 9.59 Å². The maximum Gasteiger partial charge on any atom is 0.155 e. The smallest absolute Gasteiger partial charge is 0.155 e. The standard InChI is InChI=1S/C19H16Cl2O2S/c1-24-17-5-3-2-4-12(17)13-8-9-16(22)18(19(13)23)14-7-6-11(20)10-15(14)21/h2-7,10,13,18H,8-9H2,1H3. The van der Waals surface area contributed by atoms with Crippen LogP contribution in [0.4, 0.5) is 0 Å². The molecule has 5 heteroatoms. The molecule has 1 fully saturated rings. The molecule has 3 rings (SSSR count). The average Bonchev–Trinajstić information content (AvgIpc) is 2.57. The van der Waals surface area contributed by atoms with Crippen LogP contribution in [0.15, 0.2) is 47.4 Å². The van der Waals surface area contributed by atoms with Gasteiger partial charge >= 0.3 is 0 Å². The molecule has 1 aliphatic carbocycles. The van der Waals surface area contributed by atoms with Crippen LogP contribution in [0.3, 0.4) is 0 Å². The van der Waals surface area contributed by atoms with Gasteiger partial charge in [-0.25, -0.2) is 0 Å². The summed E-state index contributed by atoms with van der Waals surface area (Å²) in [5, 5.41) is 0.858. The number of ketones is 2. The van der Waals surface area contributed by atoms with Crippen molar-refractivity contribution in [3.8, 4) is 0 Å². The Morgan fingerprint density at radius 1 is 1.04 bits per heavy atom. The minimum atomic E-state index is -0.802. The van der Waals surface area contributed by atoms with Gasteiger partial charge in [0.05, 0.1) is 0 Å². The Kier molecular flexibility index (Phi) is 5.33. The summed E-state index contributed by atoms with van der Waals surface area (Å²) in [6.07, 6.45) is 2.92. The van der Waals surface area contributed by atoms with E-state index in [4.69, 9.17) is 23.2 Å². The number of carbonyl (C=O) groups is 2. The van der Waals surface area contributed by atoms with Crippen LogP contribution in [-0.2, 0) is 9.59 Å². The van der Waals surface area contributed by atoms with Crippen molar-refractivity contribution < 1.29 is 9.59 Å². The molecule has 2 atom stereocenters. The lowest BCUT2D eigenvalue weighted by molar-refractivity contribution is -0.133. The number of halogens is 2. The molecule has 124 valence electrons. The van der Waals surface area contributed by atoms with Crippen molar-refractivity contribution in [1.82, 2.24) is 0 Å². The molecule has 0 aliphatic heterocycles. The summed E-state index contributed by atoms with van der Waals surface area (Å²) in [6, 6.07) is 12.8. The molecule has 0 bridgehead atoms. The molecular weight excluding hydrogens is 363 g/mol. The highest BCUT2D eigenvalue weighted by molar-refractivity contribution is 7.98. The number of thioether (sulfide) groups is 1. The van der Waals surface area contributed by atoms with Crippen molar-refractivity contribution in [2.45, 2.75) is 29.6 Å². The highest BCUT2D eigenvalue weighted by Crippen LogP contribution is 2.41. The molecule has 1 aliphatic rings. The zero-order valence-electron chi connectivity index (χ0n) is 13.1. The van der Waals surface area contributed by atoms with E-state index in [0.29, 0.717) is 28.5 Å². The van der Waals surface area contributed by atoms with Gasteiger partial charge in [-0.05, 0) is 42.0 Å². The van der Waals surface area contributed by atoms with Crippen LogP contribution in [0.2, 0.25) is 10.0 Å². The number of carbonyl (C=O) groups excluding carboxylic acids is 2. The maximum absolute atomic E-state index is 13.1. The summed E-state index contributed by atoms with van der Waals surface area (Å²) in [5.74, 6) is -1.22. The molecule has 0 aromatic heterocycles. The van der Waals surface area contributed by atoms with Crippen molar-refractivity contribution in [3.63, 3.8) is 0 Å². The SMILES string of the molecule is CSc1ccccc1C1CCC(=O)C(c2ccc(Cl)cc2Cl)C1=O. The molecule has 0 heterocycles. The molecule has 0 radical (unpaired) electrons.